The predicted octanol–water partition coefficient (Wildman–Crippen LogP) is 2.15. The largest absolute Gasteiger partial charge is 0.493 e. The molecule has 3 unspecified atom stereocenters. The highest BCUT2D eigenvalue weighted by Crippen LogP contribution is 2.31. The van der Waals surface area contributed by atoms with E-state index in [-0.39, 0.29) is 18.4 Å². The maximum absolute atomic E-state index is 11.9. The van der Waals surface area contributed by atoms with Gasteiger partial charge in [-0.3, -0.25) is 4.79 Å². The van der Waals surface area contributed by atoms with E-state index in [9.17, 15) is 9.90 Å². The highest BCUT2D eigenvalue weighted by molar-refractivity contribution is 5.80. The summed E-state index contributed by atoms with van der Waals surface area (Å²) < 4.78 is 21.4. The van der Waals surface area contributed by atoms with E-state index in [0.717, 1.165) is 18.4 Å². The summed E-state index contributed by atoms with van der Waals surface area (Å²) in [5.74, 6) is 1.76. The molecular weight excluding hydrogens is 412 g/mol. The Balaban J connectivity index is 2.74. The van der Waals surface area contributed by atoms with Crippen molar-refractivity contribution in [3.05, 3.63) is 23.8 Å². The highest BCUT2D eigenvalue weighted by Gasteiger charge is 2.24. The fourth-order valence-corrected chi connectivity index (χ4v) is 3.35. The summed E-state index contributed by atoms with van der Waals surface area (Å²) in [5.41, 5.74) is 7.41. The van der Waals surface area contributed by atoms with Gasteiger partial charge in [0.1, 0.15) is 6.10 Å². The molecule has 4 atom stereocenters. The summed E-state index contributed by atoms with van der Waals surface area (Å²) in [5, 5.41) is 13.1. The second-order valence-corrected chi connectivity index (χ2v) is 8.48. The average Bonchev–Trinajstić information content (AvgIpc) is 2.78. The Morgan fingerprint density at radius 2 is 1.84 bits per heavy atom. The zero-order chi connectivity index (χ0) is 24.1. The number of aliphatic hydroxyl groups excluding tert-OH is 1. The lowest BCUT2D eigenvalue weighted by atomic mass is 9.83. The van der Waals surface area contributed by atoms with E-state index in [1.54, 1.807) is 21.1 Å². The first-order valence-electron chi connectivity index (χ1n) is 11.3. The fraction of sp³-hybridized carbons (Fsp3) is 0.708. The first kappa shape index (κ1) is 28.2. The van der Waals surface area contributed by atoms with Crippen LogP contribution in [-0.2, 0) is 20.7 Å². The van der Waals surface area contributed by atoms with Crippen molar-refractivity contribution in [3.63, 3.8) is 0 Å². The smallest absolute Gasteiger partial charge is 0.248 e. The van der Waals surface area contributed by atoms with E-state index in [0.29, 0.717) is 37.1 Å². The van der Waals surface area contributed by atoms with Crippen LogP contribution in [0.2, 0.25) is 0 Å². The van der Waals surface area contributed by atoms with Crippen LogP contribution >= 0.6 is 0 Å². The van der Waals surface area contributed by atoms with E-state index in [2.05, 4.69) is 19.2 Å². The number of aliphatic hydroxyl groups is 1. The molecule has 1 rings (SSSR count). The number of hydrogen-bond acceptors (Lipinski definition) is 7. The lowest BCUT2D eigenvalue weighted by Crippen LogP contribution is -2.46. The molecule has 0 heterocycles. The van der Waals surface area contributed by atoms with Gasteiger partial charge in [0.25, 0.3) is 0 Å². The number of nitrogens with two attached hydrogens (primary N) is 1. The zero-order valence-electron chi connectivity index (χ0n) is 20.4. The number of carbonyl (C=O) groups is 1. The van der Waals surface area contributed by atoms with Crippen molar-refractivity contribution in [2.24, 2.45) is 17.6 Å². The van der Waals surface area contributed by atoms with Crippen molar-refractivity contribution in [2.75, 3.05) is 41.1 Å². The third kappa shape index (κ3) is 9.73. The number of amides is 1. The quantitative estimate of drug-likeness (QED) is 0.328. The van der Waals surface area contributed by atoms with Crippen LogP contribution in [0.25, 0.3) is 0 Å². The Morgan fingerprint density at radius 3 is 2.44 bits per heavy atom. The molecule has 8 nitrogen and oxygen atoms in total. The molecule has 1 aromatic carbocycles. The summed E-state index contributed by atoms with van der Waals surface area (Å²) in [6.07, 6.45) is 0.821. The predicted molar refractivity (Wildman–Crippen MR) is 125 cm³/mol. The van der Waals surface area contributed by atoms with Gasteiger partial charge >= 0.3 is 0 Å². The monoisotopic (exact) mass is 454 g/mol. The number of hydrogen-bond donors (Lipinski definition) is 3. The Hall–Kier alpha value is -1.87. The lowest BCUT2D eigenvalue weighted by Gasteiger charge is -2.27. The minimum absolute atomic E-state index is 0.0977. The van der Waals surface area contributed by atoms with E-state index in [1.807, 2.05) is 18.2 Å². The molecule has 0 bridgehead atoms. The molecule has 8 heteroatoms. The fourth-order valence-electron chi connectivity index (χ4n) is 3.35. The van der Waals surface area contributed by atoms with E-state index < -0.39 is 18.2 Å². The van der Waals surface area contributed by atoms with Gasteiger partial charge in [-0.1, -0.05) is 19.9 Å². The topological polar surface area (TPSA) is 112 Å². The molecule has 0 spiro atoms. The number of carbonyl (C=O) groups excluding carboxylic acids is 1. The van der Waals surface area contributed by atoms with Gasteiger partial charge in [0, 0.05) is 39.8 Å². The minimum Gasteiger partial charge on any atom is -0.493 e. The number of rotatable bonds is 16. The van der Waals surface area contributed by atoms with Crippen molar-refractivity contribution in [3.8, 4) is 11.5 Å². The lowest BCUT2D eigenvalue weighted by molar-refractivity contribution is -0.130. The van der Waals surface area contributed by atoms with Gasteiger partial charge in [0.2, 0.25) is 5.91 Å². The van der Waals surface area contributed by atoms with Crippen LogP contribution in [0.5, 0.6) is 11.5 Å². The highest BCUT2D eigenvalue weighted by atomic mass is 16.5. The number of nitrogens with one attached hydrogen (secondary N) is 1. The van der Waals surface area contributed by atoms with Gasteiger partial charge in [0.05, 0.1) is 19.8 Å². The van der Waals surface area contributed by atoms with Crippen LogP contribution in [0.15, 0.2) is 18.2 Å². The third-order valence-corrected chi connectivity index (χ3v) is 5.70. The molecule has 32 heavy (non-hydrogen) atoms. The van der Waals surface area contributed by atoms with Gasteiger partial charge in [-0.2, -0.15) is 0 Å². The summed E-state index contributed by atoms with van der Waals surface area (Å²) >= 11 is 0. The van der Waals surface area contributed by atoms with Crippen LogP contribution in [0, 0.1) is 11.8 Å². The van der Waals surface area contributed by atoms with Crippen molar-refractivity contribution >= 4 is 5.91 Å². The van der Waals surface area contributed by atoms with Crippen molar-refractivity contribution < 1.29 is 28.8 Å². The van der Waals surface area contributed by atoms with Crippen molar-refractivity contribution in [1.29, 1.82) is 0 Å². The molecule has 1 amide bonds. The van der Waals surface area contributed by atoms with E-state index >= 15 is 0 Å². The third-order valence-electron chi connectivity index (χ3n) is 5.70. The molecule has 0 aliphatic carbocycles. The van der Waals surface area contributed by atoms with Gasteiger partial charge in [-0.15, -0.1) is 0 Å². The average molecular weight is 455 g/mol. The van der Waals surface area contributed by atoms with Crippen LogP contribution in [0.4, 0.5) is 0 Å². The standard InChI is InChI=1S/C24H42N2O6/c1-16(2)19(14-20(25)21(27)15-26-24(28)17(3)30-5)12-18-8-9-22(31-6)23(13-18)32-11-7-10-29-4/h8-9,13,16-17,19-21,27H,7,10-12,14-15,25H2,1-6H3,(H,26,28)/t17-,19?,20?,21?/m0/s1. The Bertz CT molecular complexity index is 670. The Labute approximate surface area is 192 Å². The second kappa shape index (κ2) is 15.1. The SMILES string of the molecule is COCCCOc1cc(CC(CC(N)C(O)CNC(=O)[C@H](C)OC)C(C)C)ccc1OC. The molecule has 184 valence electrons. The van der Waals surface area contributed by atoms with Gasteiger partial charge < -0.3 is 35.1 Å². The van der Waals surface area contributed by atoms with Gasteiger partial charge in [-0.05, 0) is 49.3 Å². The molecule has 1 aromatic rings. The molecule has 0 saturated heterocycles. The minimum atomic E-state index is -0.834. The van der Waals surface area contributed by atoms with Crippen molar-refractivity contribution in [1.82, 2.24) is 5.32 Å². The van der Waals surface area contributed by atoms with Crippen LogP contribution in [0.3, 0.4) is 0 Å². The maximum Gasteiger partial charge on any atom is 0.248 e. The summed E-state index contributed by atoms with van der Waals surface area (Å²) in [6.45, 7) is 7.24. The summed E-state index contributed by atoms with van der Waals surface area (Å²) in [4.78, 5) is 11.9. The second-order valence-electron chi connectivity index (χ2n) is 8.48. The molecule has 0 saturated carbocycles. The number of methoxy groups -OCH3 is 3. The first-order valence-corrected chi connectivity index (χ1v) is 11.3. The van der Waals surface area contributed by atoms with E-state index in [4.69, 9.17) is 24.7 Å². The van der Waals surface area contributed by atoms with Crippen LogP contribution in [0.1, 0.15) is 39.2 Å². The molecule has 0 fully saturated rings. The normalized spacial score (nSPS) is 15.2. The Kier molecular flexibility index (Phi) is 13.2. The molecule has 0 aliphatic heterocycles. The van der Waals surface area contributed by atoms with Crippen LogP contribution in [-0.4, -0.2) is 70.4 Å². The molecule has 4 N–H and O–H groups in total. The summed E-state index contributed by atoms with van der Waals surface area (Å²) in [6, 6.07) is 5.50. The van der Waals surface area contributed by atoms with E-state index in [1.165, 1.54) is 7.11 Å². The number of ether oxygens (including phenoxy) is 4. The van der Waals surface area contributed by atoms with Gasteiger partial charge in [0.15, 0.2) is 11.5 Å². The Morgan fingerprint density at radius 1 is 1.12 bits per heavy atom. The molecule has 0 aliphatic rings. The molecule has 0 aromatic heterocycles. The molecule has 0 radical (unpaired) electrons. The maximum atomic E-state index is 11.9. The summed E-state index contributed by atoms with van der Waals surface area (Å²) in [7, 11) is 4.76. The first-order chi connectivity index (χ1) is 15.2. The zero-order valence-corrected chi connectivity index (χ0v) is 20.4. The van der Waals surface area contributed by atoms with Crippen LogP contribution < -0.4 is 20.5 Å². The van der Waals surface area contributed by atoms with Crippen molar-refractivity contribution in [2.45, 2.75) is 58.3 Å². The molecular formula is C24H42N2O6. The van der Waals surface area contributed by atoms with Gasteiger partial charge in [-0.25, -0.2) is 0 Å². The number of benzene rings is 1.